The lowest BCUT2D eigenvalue weighted by molar-refractivity contribution is 0.0711. The third kappa shape index (κ3) is 8.33. The molecule has 1 heterocycles. The average Bonchev–Trinajstić information content (AvgIpc) is 2.95. The summed E-state index contributed by atoms with van der Waals surface area (Å²) in [6.45, 7) is 10.4. The van der Waals surface area contributed by atoms with Crippen LogP contribution >= 0.6 is 35.3 Å². The van der Waals surface area contributed by atoms with Crippen LogP contribution in [0.4, 0.5) is 0 Å². The molecule has 6 heteroatoms. The van der Waals surface area contributed by atoms with Gasteiger partial charge in [0.25, 0.3) is 0 Å². The highest BCUT2D eigenvalue weighted by molar-refractivity contribution is 14.0. The summed E-state index contributed by atoms with van der Waals surface area (Å²) in [5, 5.41) is 19.0. The zero-order valence-electron chi connectivity index (χ0n) is 14.1. The minimum Gasteiger partial charge on any atom is -0.383 e. The van der Waals surface area contributed by atoms with Gasteiger partial charge in [-0.2, -0.15) is 0 Å². The molecule has 1 aromatic heterocycles. The monoisotopic (exact) mass is 439 g/mol. The second kappa shape index (κ2) is 11.2. The summed E-state index contributed by atoms with van der Waals surface area (Å²) in [4.78, 5) is 5.46. The highest BCUT2D eigenvalue weighted by Crippen LogP contribution is 2.25. The molecule has 0 amide bonds. The third-order valence-electron chi connectivity index (χ3n) is 3.19. The van der Waals surface area contributed by atoms with Crippen molar-refractivity contribution in [1.82, 2.24) is 10.6 Å². The zero-order valence-corrected chi connectivity index (χ0v) is 17.2. The summed E-state index contributed by atoms with van der Waals surface area (Å²) < 4.78 is 0. The number of guanidine groups is 1. The topological polar surface area (TPSA) is 56.7 Å². The molecule has 0 aliphatic carbocycles. The standard InChI is InChI=1S/C16H29N3OS.HI/c1-5-17-15(18-10-6-8-13(2)3)19-12-16(4,20)14-9-7-11-21-14;/h7,9,11,13,20H,5-6,8,10,12H2,1-4H3,(H2,17,18,19);1H. The summed E-state index contributed by atoms with van der Waals surface area (Å²) in [6, 6.07) is 3.90. The van der Waals surface area contributed by atoms with E-state index in [1.54, 1.807) is 11.3 Å². The van der Waals surface area contributed by atoms with Crippen molar-refractivity contribution in [2.45, 2.75) is 46.1 Å². The molecule has 0 aliphatic heterocycles. The van der Waals surface area contributed by atoms with Crippen molar-refractivity contribution in [3.05, 3.63) is 22.4 Å². The molecule has 0 fully saturated rings. The third-order valence-corrected chi connectivity index (χ3v) is 4.31. The molecule has 1 aromatic rings. The van der Waals surface area contributed by atoms with Gasteiger partial charge in [0, 0.05) is 18.0 Å². The van der Waals surface area contributed by atoms with Gasteiger partial charge in [0.05, 0.1) is 6.54 Å². The molecule has 0 aromatic carbocycles. The summed E-state index contributed by atoms with van der Waals surface area (Å²) >= 11 is 1.56. The van der Waals surface area contributed by atoms with E-state index in [0.29, 0.717) is 6.54 Å². The Hall–Kier alpha value is -0.340. The van der Waals surface area contributed by atoms with Crippen molar-refractivity contribution in [2.24, 2.45) is 10.9 Å². The van der Waals surface area contributed by atoms with E-state index in [1.165, 1.54) is 6.42 Å². The molecule has 1 atom stereocenters. The molecule has 1 unspecified atom stereocenters. The first kappa shape index (κ1) is 21.7. The van der Waals surface area contributed by atoms with Gasteiger partial charge in [-0.05, 0) is 44.1 Å². The molecule has 0 saturated heterocycles. The Balaban J connectivity index is 0.00000441. The first-order chi connectivity index (χ1) is 9.95. The van der Waals surface area contributed by atoms with Crippen LogP contribution in [0.1, 0.15) is 45.4 Å². The number of aliphatic hydroxyl groups is 1. The maximum Gasteiger partial charge on any atom is 0.191 e. The Labute approximate surface area is 155 Å². The van der Waals surface area contributed by atoms with Crippen LogP contribution in [0.2, 0.25) is 0 Å². The van der Waals surface area contributed by atoms with Gasteiger partial charge in [0.15, 0.2) is 5.96 Å². The maximum absolute atomic E-state index is 10.5. The fourth-order valence-corrected chi connectivity index (χ4v) is 2.73. The number of rotatable bonds is 8. The highest BCUT2D eigenvalue weighted by Gasteiger charge is 2.23. The Morgan fingerprint density at radius 2 is 2.14 bits per heavy atom. The number of nitrogens with zero attached hydrogens (tertiary/aromatic N) is 1. The van der Waals surface area contributed by atoms with E-state index < -0.39 is 5.60 Å². The Kier molecular flexibility index (Phi) is 11.1. The van der Waals surface area contributed by atoms with E-state index in [0.717, 1.165) is 36.3 Å². The van der Waals surface area contributed by atoms with Crippen molar-refractivity contribution < 1.29 is 5.11 Å². The van der Waals surface area contributed by atoms with Gasteiger partial charge in [0.1, 0.15) is 5.60 Å². The van der Waals surface area contributed by atoms with E-state index in [2.05, 4.69) is 29.5 Å². The smallest absolute Gasteiger partial charge is 0.191 e. The minimum atomic E-state index is -0.908. The summed E-state index contributed by atoms with van der Waals surface area (Å²) in [5.41, 5.74) is -0.908. The molecule has 0 spiro atoms. The van der Waals surface area contributed by atoms with E-state index in [4.69, 9.17) is 0 Å². The number of nitrogens with one attached hydrogen (secondary N) is 2. The normalized spacial score (nSPS) is 14.4. The van der Waals surface area contributed by atoms with Crippen LogP contribution in [0.15, 0.2) is 22.5 Å². The van der Waals surface area contributed by atoms with Gasteiger partial charge in [-0.25, -0.2) is 4.99 Å². The molecule has 22 heavy (non-hydrogen) atoms. The Bertz CT molecular complexity index is 419. The molecule has 0 bridgehead atoms. The number of thiophene rings is 1. The van der Waals surface area contributed by atoms with Crippen molar-refractivity contribution in [1.29, 1.82) is 0 Å². The zero-order chi connectivity index (χ0) is 15.7. The van der Waals surface area contributed by atoms with Gasteiger partial charge in [-0.15, -0.1) is 35.3 Å². The maximum atomic E-state index is 10.5. The molecule has 3 N–H and O–H groups in total. The Morgan fingerprint density at radius 3 is 2.68 bits per heavy atom. The predicted molar refractivity (Wildman–Crippen MR) is 107 cm³/mol. The lowest BCUT2D eigenvalue weighted by Gasteiger charge is -2.20. The molecule has 0 saturated carbocycles. The van der Waals surface area contributed by atoms with E-state index in [1.807, 2.05) is 31.4 Å². The van der Waals surface area contributed by atoms with Crippen molar-refractivity contribution in [2.75, 3.05) is 19.6 Å². The molecular weight excluding hydrogens is 409 g/mol. The van der Waals surface area contributed by atoms with Gasteiger partial charge in [-0.3, -0.25) is 0 Å². The van der Waals surface area contributed by atoms with E-state index in [-0.39, 0.29) is 24.0 Å². The first-order valence-electron chi connectivity index (χ1n) is 7.74. The van der Waals surface area contributed by atoms with Crippen LogP contribution in [-0.2, 0) is 5.60 Å². The fourth-order valence-electron chi connectivity index (χ4n) is 1.95. The van der Waals surface area contributed by atoms with Gasteiger partial charge in [0.2, 0.25) is 0 Å². The molecule has 1 rings (SSSR count). The fraction of sp³-hybridized carbons (Fsp3) is 0.688. The molecule has 0 aliphatic rings. The lowest BCUT2D eigenvalue weighted by Crippen LogP contribution is -2.39. The summed E-state index contributed by atoms with van der Waals surface area (Å²) in [5.74, 6) is 1.50. The molecule has 0 radical (unpaired) electrons. The average molecular weight is 439 g/mol. The largest absolute Gasteiger partial charge is 0.383 e. The van der Waals surface area contributed by atoms with Crippen molar-refractivity contribution >= 4 is 41.3 Å². The quantitative estimate of drug-likeness (QED) is 0.251. The van der Waals surface area contributed by atoms with Crippen LogP contribution in [0, 0.1) is 5.92 Å². The summed E-state index contributed by atoms with van der Waals surface area (Å²) in [7, 11) is 0. The predicted octanol–water partition coefficient (Wildman–Crippen LogP) is 3.56. The number of hydrogen-bond donors (Lipinski definition) is 3. The lowest BCUT2D eigenvalue weighted by atomic mass is 10.1. The van der Waals surface area contributed by atoms with Gasteiger partial charge >= 0.3 is 0 Å². The SMILES string of the molecule is CCNC(=NCC(C)(O)c1cccs1)NCCCC(C)C.I. The van der Waals surface area contributed by atoms with E-state index in [9.17, 15) is 5.11 Å². The molecular formula is C16H30IN3OS. The minimum absolute atomic E-state index is 0. The van der Waals surface area contributed by atoms with Crippen LogP contribution in [0.25, 0.3) is 0 Å². The number of aliphatic imine (C=N–C) groups is 1. The van der Waals surface area contributed by atoms with Gasteiger partial charge in [-0.1, -0.05) is 19.9 Å². The second-order valence-electron chi connectivity index (χ2n) is 5.91. The van der Waals surface area contributed by atoms with Crippen LogP contribution in [0.5, 0.6) is 0 Å². The second-order valence-corrected chi connectivity index (χ2v) is 6.86. The van der Waals surface area contributed by atoms with Crippen LogP contribution in [-0.4, -0.2) is 30.7 Å². The number of hydrogen-bond acceptors (Lipinski definition) is 3. The Morgan fingerprint density at radius 1 is 1.41 bits per heavy atom. The van der Waals surface area contributed by atoms with Crippen molar-refractivity contribution in [3.63, 3.8) is 0 Å². The van der Waals surface area contributed by atoms with Crippen LogP contribution < -0.4 is 10.6 Å². The highest BCUT2D eigenvalue weighted by atomic mass is 127. The van der Waals surface area contributed by atoms with Crippen molar-refractivity contribution in [3.8, 4) is 0 Å². The molecule has 4 nitrogen and oxygen atoms in total. The first-order valence-corrected chi connectivity index (χ1v) is 8.62. The van der Waals surface area contributed by atoms with Crippen LogP contribution in [0.3, 0.4) is 0 Å². The number of halogens is 1. The van der Waals surface area contributed by atoms with Gasteiger partial charge < -0.3 is 15.7 Å². The summed E-state index contributed by atoms with van der Waals surface area (Å²) in [6.07, 6.45) is 2.34. The molecule has 128 valence electrons. The van der Waals surface area contributed by atoms with E-state index >= 15 is 0 Å².